The molecule has 0 aromatic heterocycles. The molecule has 0 amide bonds. The van der Waals surface area contributed by atoms with E-state index in [2.05, 4.69) is 25.7 Å². The second-order valence-electron chi connectivity index (χ2n) is 4.37. The van der Waals surface area contributed by atoms with Crippen molar-refractivity contribution in [1.82, 2.24) is 4.90 Å². The van der Waals surface area contributed by atoms with E-state index in [1.807, 2.05) is 0 Å². The molecule has 2 nitrogen and oxygen atoms in total. The van der Waals surface area contributed by atoms with Gasteiger partial charge in [-0.3, -0.25) is 0 Å². The summed E-state index contributed by atoms with van der Waals surface area (Å²) in [4.78, 5) is 2.50. The topological polar surface area (TPSA) is 12.5 Å². The lowest BCUT2D eigenvalue weighted by Crippen LogP contribution is -2.37. The Morgan fingerprint density at radius 3 is 2.43 bits per heavy atom. The highest BCUT2D eigenvalue weighted by Gasteiger charge is 2.19. The molecular weight excluding hydrogens is 174 g/mol. The number of likely N-dealkylation sites (tertiary alicyclic amines) is 1. The Hall–Kier alpha value is -0.0800. The Labute approximate surface area is 88.6 Å². The number of ether oxygens (including phenoxy) is 1. The zero-order chi connectivity index (χ0) is 10.4. The number of nitrogens with zero attached hydrogens (tertiary/aromatic N) is 1. The minimum absolute atomic E-state index is 0.457. The molecule has 14 heavy (non-hydrogen) atoms. The average molecular weight is 199 g/mol. The van der Waals surface area contributed by atoms with E-state index in [-0.39, 0.29) is 0 Å². The molecule has 0 bridgehead atoms. The first-order chi connectivity index (χ1) is 6.76. The third-order valence-corrected chi connectivity index (χ3v) is 3.10. The van der Waals surface area contributed by atoms with Crippen molar-refractivity contribution in [2.75, 3.05) is 19.6 Å². The first-order valence-electron chi connectivity index (χ1n) is 6.14. The van der Waals surface area contributed by atoms with Gasteiger partial charge in [0.15, 0.2) is 0 Å². The molecule has 0 radical (unpaired) electrons. The molecular formula is C12H25NO. The fourth-order valence-electron chi connectivity index (χ4n) is 2.16. The molecule has 1 aliphatic heterocycles. The summed E-state index contributed by atoms with van der Waals surface area (Å²) in [6.07, 6.45) is 5.87. The van der Waals surface area contributed by atoms with Gasteiger partial charge in [-0.2, -0.15) is 0 Å². The van der Waals surface area contributed by atoms with E-state index in [4.69, 9.17) is 4.74 Å². The van der Waals surface area contributed by atoms with Crippen molar-refractivity contribution in [1.29, 1.82) is 0 Å². The van der Waals surface area contributed by atoms with Crippen LogP contribution in [-0.4, -0.2) is 36.7 Å². The third kappa shape index (κ3) is 3.97. The molecule has 0 aromatic carbocycles. The summed E-state index contributed by atoms with van der Waals surface area (Å²) in [7, 11) is 0. The second-order valence-corrected chi connectivity index (χ2v) is 4.37. The molecule has 1 aliphatic rings. The van der Waals surface area contributed by atoms with Crippen molar-refractivity contribution < 1.29 is 4.74 Å². The summed E-state index contributed by atoms with van der Waals surface area (Å²) in [6.45, 7) is 10.3. The van der Waals surface area contributed by atoms with Gasteiger partial charge < -0.3 is 9.64 Å². The van der Waals surface area contributed by atoms with Gasteiger partial charge in [0.1, 0.15) is 0 Å². The van der Waals surface area contributed by atoms with E-state index in [9.17, 15) is 0 Å². The zero-order valence-electron chi connectivity index (χ0n) is 9.96. The van der Waals surface area contributed by atoms with Crippen molar-refractivity contribution >= 4 is 0 Å². The third-order valence-electron chi connectivity index (χ3n) is 3.10. The number of hydrogen-bond donors (Lipinski definition) is 0. The Morgan fingerprint density at radius 2 is 1.93 bits per heavy atom. The van der Waals surface area contributed by atoms with Gasteiger partial charge >= 0.3 is 0 Å². The van der Waals surface area contributed by atoms with Gasteiger partial charge in [0.05, 0.1) is 12.2 Å². The molecule has 0 aliphatic carbocycles. The average Bonchev–Trinajstić information content (AvgIpc) is 2.19. The number of rotatable bonds is 5. The van der Waals surface area contributed by atoms with Crippen LogP contribution in [0.2, 0.25) is 0 Å². The minimum Gasteiger partial charge on any atom is -0.375 e. The highest BCUT2D eigenvalue weighted by atomic mass is 16.5. The Bertz CT molecular complexity index is 141. The largest absolute Gasteiger partial charge is 0.375 e. The number of piperidine rings is 1. The fraction of sp³-hybridized carbons (Fsp3) is 1.00. The smallest absolute Gasteiger partial charge is 0.0603 e. The van der Waals surface area contributed by atoms with Crippen LogP contribution < -0.4 is 0 Å². The molecule has 1 fully saturated rings. The van der Waals surface area contributed by atoms with E-state index in [1.165, 1.54) is 45.3 Å². The molecule has 2 heteroatoms. The second kappa shape index (κ2) is 6.41. The summed E-state index contributed by atoms with van der Waals surface area (Å²) >= 11 is 0. The first-order valence-corrected chi connectivity index (χ1v) is 6.14. The minimum atomic E-state index is 0.457. The molecule has 1 heterocycles. The van der Waals surface area contributed by atoms with Crippen molar-refractivity contribution in [3.63, 3.8) is 0 Å². The Kier molecular flexibility index (Phi) is 5.49. The van der Waals surface area contributed by atoms with Gasteiger partial charge in [-0.15, -0.1) is 0 Å². The SMILES string of the molecule is CCC[C@@H](C)OC1CCN(CC)CC1. The lowest BCUT2D eigenvalue weighted by atomic mass is 10.1. The maximum absolute atomic E-state index is 6.00. The van der Waals surface area contributed by atoms with Crippen LogP contribution in [-0.2, 0) is 4.74 Å². The zero-order valence-corrected chi connectivity index (χ0v) is 9.96. The van der Waals surface area contributed by atoms with Crippen molar-refractivity contribution in [3.05, 3.63) is 0 Å². The van der Waals surface area contributed by atoms with Crippen LogP contribution in [0.1, 0.15) is 46.5 Å². The van der Waals surface area contributed by atoms with Gasteiger partial charge in [-0.05, 0) is 32.7 Å². The maximum atomic E-state index is 6.00. The van der Waals surface area contributed by atoms with Crippen LogP contribution in [0.15, 0.2) is 0 Å². The Balaban J connectivity index is 2.15. The standard InChI is InChI=1S/C12H25NO/c1-4-6-11(3)14-12-7-9-13(5-2)10-8-12/h11-12H,4-10H2,1-3H3/t11-/m1/s1. The summed E-state index contributed by atoms with van der Waals surface area (Å²) in [5.74, 6) is 0. The summed E-state index contributed by atoms with van der Waals surface area (Å²) in [6, 6.07) is 0. The number of hydrogen-bond acceptors (Lipinski definition) is 2. The van der Waals surface area contributed by atoms with Crippen LogP contribution in [0.3, 0.4) is 0 Å². The summed E-state index contributed by atoms with van der Waals surface area (Å²) in [5, 5.41) is 0. The predicted octanol–water partition coefficient (Wildman–Crippen LogP) is 2.68. The van der Waals surface area contributed by atoms with E-state index < -0.39 is 0 Å². The fourth-order valence-corrected chi connectivity index (χ4v) is 2.16. The molecule has 1 saturated heterocycles. The van der Waals surface area contributed by atoms with E-state index in [0.29, 0.717) is 12.2 Å². The normalized spacial score (nSPS) is 22.5. The van der Waals surface area contributed by atoms with Gasteiger partial charge in [-0.1, -0.05) is 20.3 Å². The van der Waals surface area contributed by atoms with Crippen LogP contribution in [0.5, 0.6) is 0 Å². The van der Waals surface area contributed by atoms with Gasteiger partial charge in [0, 0.05) is 13.1 Å². The molecule has 0 saturated carbocycles. The summed E-state index contributed by atoms with van der Waals surface area (Å²) in [5.41, 5.74) is 0. The molecule has 0 spiro atoms. The quantitative estimate of drug-likeness (QED) is 0.675. The highest BCUT2D eigenvalue weighted by Crippen LogP contribution is 2.16. The van der Waals surface area contributed by atoms with Gasteiger partial charge in [0.2, 0.25) is 0 Å². The molecule has 84 valence electrons. The predicted molar refractivity (Wildman–Crippen MR) is 60.6 cm³/mol. The maximum Gasteiger partial charge on any atom is 0.0603 e. The van der Waals surface area contributed by atoms with E-state index in [1.54, 1.807) is 0 Å². The van der Waals surface area contributed by atoms with Crippen LogP contribution >= 0.6 is 0 Å². The molecule has 0 aromatic rings. The van der Waals surface area contributed by atoms with Gasteiger partial charge in [-0.25, -0.2) is 0 Å². The molecule has 0 N–H and O–H groups in total. The van der Waals surface area contributed by atoms with E-state index >= 15 is 0 Å². The van der Waals surface area contributed by atoms with Crippen LogP contribution in [0.4, 0.5) is 0 Å². The van der Waals surface area contributed by atoms with Crippen molar-refractivity contribution in [3.8, 4) is 0 Å². The lowest BCUT2D eigenvalue weighted by molar-refractivity contribution is -0.0369. The Morgan fingerprint density at radius 1 is 1.29 bits per heavy atom. The van der Waals surface area contributed by atoms with Gasteiger partial charge in [0.25, 0.3) is 0 Å². The lowest BCUT2D eigenvalue weighted by Gasteiger charge is -2.32. The van der Waals surface area contributed by atoms with Crippen molar-refractivity contribution in [2.45, 2.75) is 58.7 Å². The monoisotopic (exact) mass is 199 g/mol. The van der Waals surface area contributed by atoms with Crippen molar-refractivity contribution in [2.24, 2.45) is 0 Å². The first kappa shape index (κ1) is 12.0. The summed E-state index contributed by atoms with van der Waals surface area (Å²) < 4.78 is 6.00. The van der Waals surface area contributed by atoms with Crippen LogP contribution in [0, 0.1) is 0 Å². The molecule has 1 rings (SSSR count). The van der Waals surface area contributed by atoms with E-state index in [0.717, 1.165) is 0 Å². The molecule has 1 atom stereocenters. The van der Waals surface area contributed by atoms with Crippen LogP contribution in [0.25, 0.3) is 0 Å². The highest BCUT2D eigenvalue weighted by molar-refractivity contribution is 4.72. The molecule has 0 unspecified atom stereocenters.